The number of hydrogen-bond acceptors (Lipinski definition) is 4. The zero-order chi connectivity index (χ0) is 15.9. The van der Waals surface area contributed by atoms with E-state index >= 15 is 0 Å². The molecular weight excluding hydrogens is 296 g/mol. The minimum Gasteiger partial charge on any atom is -0.478 e. The average Bonchev–Trinajstić information content (AvgIpc) is 2.82. The van der Waals surface area contributed by atoms with E-state index < -0.39 is 16.0 Å². The third kappa shape index (κ3) is 2.54. The van der Waals surface area contributed by atoms with Crippen LogP contribution in [0.3, 0.4) is 0 Å². The Balaban J connectivity index is 2.58. The molecule has 0 amide bonds. The lowest BCUT2D eigenvalue weighted by molar-refractivity contribution is 0.0691. The van der Waals surface area contributed by atoms with Crippen molar-refractivity contribution in [2.24, 2.45) is 0 Å². The van der Waals surface area contributed by atoms with Gasteiger partial charge in [0, 0.05) is 11.4 Å². The highest BCUT2D eigenvalue weighted by atomic mass is 32.2. The maximum Gasteiger partial charge on any atom is 0.340 e. The highest BCUT2D eigenvalue weighted by Crippen LogP contribution is 2.27. The normalized spacial score (nSPS) is 11.6. The van der Waals surface area contributed by atoms with Crippen LogP contribution in [-0.2, 0) is 10.0 Å². The fourth-order valence-electron chi connectivity index (χ4n) is 2.21. The second-order valence-corrected chi connectivity index (χ2v) is 6.37. The summed E-state index contributed by atoms with van der Waals surface area (Å²) in [7, 11) is -4.08. The summed E-state index contributed by atoms with van der Waals surface area (Å²) >= 11 is 0. The molecule has 0 spiro atoms. The van der Waals surface area contributed by atoms with Gasteiger partial charge in [0.1, 0.15) is 22.0 Å². The predicted octanol–water partition coefficient (Wildman–Crippen LogP) is 1.95. The molecule has 0 bridgehead atoms. The standard InChI is InChI=1S/C13H16N2O5S/c1-7-5-6-8(2)15(7)14-21(18,19)12-10(4)20-9(3)11(12)13(16)17/h5-6,14H,1-4H3,(H,16,17). The van der Waals surface area contributed by atoms with E-state index in [1.54, 1.807) is 26.0 Å². The monoisotopic (exact) mass is 312 g/mol. The molecule has 114 valence electrons. The molecule has 0 aliphatic carbocycles. The molecule has 2 aromatic rings. The zero-order valence-electron chi connectivity index (χ0n) is 12.1. The number of aromatic carboxylic acids is 1. The second-order valence-electron chi connectivity index (χ2n) is 4.77. The number of nitrogens with one attached hydrogen (secondary N) is 1. The number of carboxylic acid groups (broad SMARTS) is 1. The molecule has 0 saturated heterocycles. The van der Waals surface area contributed by atoms with Gasteiger partial charge in [0.05, 0.1) is 0 Å². The lowest BCUT2D eigenvalue weighted by Crippen LogP contribution is -2.26. The lowest BCUT2D eigenvalue weighted by Gasteiger charge is -2.13. The molecule has 0 radical (unpaired) electrons. The minimum atomic E-state index is -4.08. The Labute approximate surface area is 122 Å². The predicted molar refractivity (Wildman–Crippen MR) is 75.6 cm³/mol. The Morgan fingerprint density at radius 1 is 1.14 bits per heavy atom. The molecular formula is C13H16N2O5S. The van der Waals surface area contributed by atoms with Crippen LogP contribution in [-0.4, -0.2) is 24.2 Å². The summed E-state index contributed by atoms with van der Waals surface area (Å²) in [4.78, 5) is 13.3. The molecule has 21 heavy (non-hydrogen) atoms. The van der Waals surface area contributed by atoms with Gasteiger partial charge in [0.25, 0.3) is 10.0 Å². The summed E-state index contributed by atoms with van der Waals surface area (Å²) in [5, 5.41) is 9.20. The van der Waals surface area contributed by atoms with Gasteiger partial charge in [-0.25, -0.2) is 9.63 Å². The van der Waals surface area contributed by atoms with E-state index in [-0.39, 0.29) is 22.0 Å². The van der Waals surface area contributed by atoms with Gasteiger partial charge in [0.2, 0.25) is 0 Å². The summed E-state index contributed by atoms with van der Waals surface area (Å²) in [5.41, 5.74) is 1.03. The Morgan fingerprint density at radius 3 is 2.14 bits per heavy atom. The van der Waals surface area contributed by atoms with Gasteiger partial charge in [-0.05, 0) is 39.8 Å². The van der Waals surface area contributed by atoms with Crippen molar-refractivity contribution in [3.05, 3.63) is 40.6 Å². The van der Waals surface area contributed by atoms with Crippen molar-refractivity contribution in [1.29, 1.82) is 0 Å². The fourth-order valence-corrected chi connectivity index (χ4v) is 3.75. The Morgan fingerprint density at radius 2 is 1.67 bits per heavy atom. The summed E-state index contributed by atoms with van der Waals surface area (Å²) < 4.78 is 31.6. The van der Waals surface area contributed by atoms with Crippen LogP contribution in [0.1, 0.15) is 33.3 Å². The summed E-state index contributed by atoms with van der Waals surface area (Å²) in [6.45, 7) is 6.31. The molecule has 7 nitrogen and oxygen atoms in total. The maximum atomic E-state index is 12.5. The van der Waals surface area contributed by atoms with Crippen LogP contribution in [0.15, 0.2) is 21.4 Å². The molecule has 8 heteroatoms. The number of carboxylic acids is 1. The Bertz CT molecular complexity index is 794. The number of nitrogens with zero attached hydrogens (tertiary/aromatic N) is 1. The molecule has 0 aliphatic rings. The average molecular weight is 312 g/mol. The van der Waals surface area contributed by atoms with Gasteiger partial charge < -0.3 is 9.52 Å². The van der Waals surface area contributed by atoms with E-state index in [0.717, 1.165) is 0 Å². The molecule has 2 heterocycles. The van der Waals surface area contributed by atoms with E-state index in [4.69, 9.17) is 4.42 Å². The molecule has 0 atom stereocenters. The Hall–Kier alpha value is -2.22. The first-order valence-corrected chi connectivity index (χ1v) is 7.64. The van der Waals surface area contributed by atoms with Crippen LogP contribution in [0.5, 0.6) is 0 Å². The first-order valence-electron chi connectivity index (χ1n) is 6.16. The number of carbonyl (C=O) groups is 1. The quantitative estimate of drug-likeness (QED) is 0.898. The number of aromatic nitrogens is 1. The van der Waals surface area contributed by atoms with Crippen molar-refractivity contribution < 1.29 is 22.7 Å². The molecule has 0 fully saturated rings. The molecule has 2 N–H and O–H groups in total. The zero-order valence-corrected chi connectivity index (χ0v) is 12.9. The van der Waals surface area contributed by atoms with Gasteiger partial charge in [-0.1, -0.05) is 0 Å². The van der Waals surface area contributed by atoms with Crippen molar-refractivity contribution in [3.8, 4) is 0 Å². The van der Waals surface area contributed by atoms with Gasteiger partial charge in [0.15, 0.2) is 0 Å². The largest absolute Gasteiger partial charge is 0.478 e. The van der Waals surface area contributed by atoms with Crippen LogP contribution in [0.4, 0.5) is 0 Å². The molecule has 0 aliphatic heterocycles. The van der Waals surface area contributed by atoms with E-state index in [0.29, 0.717) is 11.4 Å². The van der Waals surface area contributed by atoms with Crippen LogP contribution < -0.4 is 4.83 Å². The molecule has 0 unspecified atom stereocenters. The smallest absolute Gasteiger partial charge is 0.340 e. The summed E-state index contributed by atoms with van der Waals surface area (Å²) in [5.74, 6) is -1.24. The highest BCUT2D eigenvalue weighted by molar-refractivity contribution is 7.92. The van der Waals surface area contributed by atoms with E-state index in [9.17, 15) is 18.3 Å². The van der Waals surface area contributed by atoms with Crippen molar-refractivity contribution >= 4 is 16.0 Å². The van der Waals surface area contributed by atoms with Crippen LogP contribution in [0.25, 0.3) is 0 Å². The van der Waals surface area contributed by atoms with Crippen LogP contribution in [0, 0.1) is 27.7 Å². The third-order valence-corrected chi connectivity index (χ3v) is 4.62. The van der Waals surface area contributed by atoms with E-state index in [1.165, 1.54) is 18.5 Å². The van der Waals surface area contributed by atoms with Crippen molar-refractivity contribution in [3.63, 3.8) is 0 Å². The van der Waals surface area contributed by atoms with Crippen molar-refractivity contribution in [2.45, 2.75) is 32.6 Å². The Kier molecular flexibility index (Phi) is 3.58. The van der Waals surface area contributed by atoms with Gasteiger partial charge >= 0.3 is 5.97 Å². The van der Waals surface area contributed by atoms with E-state index in [1.807, 2.05) is 0 Å². The van der Waals surface area contributed by atoms with Gasteiger partial charge in [-0.3, -0.25) is 4.68 Å². The lowest BCUT2D eigenvalue weighted by atomic mass is 10.2. The number of rotatable bonds is 4. The summed E-state index contributed by atoms with van der Waals surface area (Å²) in [6.07, 6.45) is 0. The third-order valence-electron chi connectivity index (χ3n) is 3.17. The fraction of sp³-hybridized carbons (Fsp3) is 0.308. The molecule has 0 aromatic carbocycles. The molecule has 2 aromatic heterocycles. The first kappa shape index (κ1) is 15.2. The van der Waals surface area contributed by atoms with E-state index in [2.05, 4.69) is 4.83 Å². The van der Waals surface area contributed by atoms with Crippen molar-refractivity contribution in [1.82, 2.24) is 4.68 Å². The summed E-state index contributed by atoms with van der Waals surface area (Å²) in [6, 6.07) is 3.51. The highest BCUT2D eigenvalue weighted by Gasteiger charge is 2.31. The van der Waals surface area contributed by atoms with Crippen molar-refractivity contribution in [2.75, 3.05) is 4.83 Å². The maximum absolute atomic E-state index is 12.5. The number of furan rings is 1. The SMILES string of the molecule is Cc1oc(C)c(S(=O)(=O)Nn2c(C)ccc2C)c1C(=O)O. The van der Waals surface area contributed by atoms with Gasteiger partial charge in [-0.15, -0.1) is 0 Å². The van der Waals surface area contributed by atoms with Crippen LogP contribution in [0.2, 0.25) is 0 Å². The first-order chi connectivity index (χ1) is 9.65. The minimum absolute atomic E-state index is 0.0415. The number of aryl methyl sites for hydroxylation is 4. The van der Waals surface area contributed by atoms with Crippen LogP contribution >= 0.6 is 0 Å². The molecule has 2 rings (SSSR count). The molecule has 0 saturated carbocycles. The van der Waals surface area contributed by atoms with Gasteiger partial charge in [-0.2, -0.15) is 8.42 Å². The number of sulfonamides is 1. The topological polar surface area (TPSA) is 102 Å². The number of hydrogen-bond donors (Lipinski definition) is 2. The second kappa shape index (κ2) is 4.96.